The lowest BCUT2D eigenvalue weighted by molar-refractivity contribution is 0.558. The number of rotatable bonds is 3. The average Bonchev–Trinajstić information content (AvgIpc) is 2.85. The van der Waals surface area contributed by atoms with Crippen molar-refractivity contribution < 1.29 is 0 Å². The summed E-state index contributed by atoms with van der Waals surface area (Å²) >= 11 is 1.34. The molecule has 1 aliphatic rings. The van der Waals surface area contributed by atoms with Gasteiger partial charge in [0.1, 0.15) is 0 Å². The number of hydrogen-bond acceptors (Lipinski definition) is 3. The van der Waals surface area contributed by atoms with Crippen molar-refractivity contribution in [2.24, 2.45) is 0 Å². The first kappa shape index (κ1) is 10.9. The van der Waals surface area contributed by atoms with Crippen LogP contribution in [0.25, 0.3) is 0 Å². The molecule has 1 saturated carbocycles. The molecule has 0 unspecified atom stereocenters. The highest BCUT2D eigenvalue weighted by Gasteiger charge is 2.24. The normalized spacial score (nSPS) is 17.0. The molecule has 0 amide bonds. The van der Waals surface area contributed by atoms with E-state index in [1.54, 1.807) is 0 Å². The van der Waals surface area contributed by atoms with E-state index < -0.39 is 0 Å². The molecule has 0 saturated heterocycles. The van der Waals surface area contributed by atoms with Crippen LogP contribution in [0.1, 0.15) is 44.2 Å². The Labute approximate surface area is 93.9 Å². The van der Waals surface area contributed by atoms with Crippen LogP contribution in [0.2, 0.25) is 0 Å². The Morgan fingerprint density at radius 1 is 1.47 bits per heavy atom. The van der Waals surface area contributed by atoms with Crippen LogP contribution in [0.15, 0.2) is 4.79 Å². The predicted octanol–water partition coefficient (Wildman–Crippen LogP) is 1.99. The van der Waals surface area contributed by atoms with Crippen molar-refractivity contribution in [2.75, 3.05) is 0 Å². The second kappa shape index (κ2) is 3.76. The quantitative estimate of drug-likeness (QED) is 0.828. The molecule has 0 spiro atoms. The standard InChI is InChI=1S/C11H18N2OS/c1-11(2,3)9-8(15-10(14)13-9)6-12-7-4-5-7/h7,12H,4-6H2,1-3H3,(H,13,14). The van der Waals surface area contributed by atoms with E-state index in [2.05, 4.69) is 31.1 Å². The van der Waals surface area contributed by atoms with E-state index in [0.29, 0.717) is 6.04 Å². The fourth-order valence-corrected chi connectivity index (χ4v) is 2.61. The maximum atomic E-state index is 11.4. The third-order valence-electron chi connectivity index (χ3n) is 2.60. The summed E-state index contributed by atoms with van der Waals surface area (Å²) in [6.07, 6.45) is 2.56. The lowest BCUT2D eigenvalue weighted by atomic mass is 9.91. The first-order valence-electron chi connectivity index (χ1n) is 5.42. The molecule has 1 heterocycles. The number of aromatic nitrogens is 1. The Morgan fingerprint density at radius 2 is 2.13 bits per heavy atom. The van der Waals surface area contributed by atoms with E-state index >= 15 is 0 Å². The fourth-order valence-electron chi connectivity index (χ4n) is 1.61. The molecule has 0 aromatic carbocycles. The van der Waals surface area contributed by atoms with Gasteiger partial charge >= 0.3 is 4.87 Å². The van der Waals surface area contributed by atoms with Crippen molar-refractivity contribution in [3.05, 3.63) is 20.2 Å². The van der Waals surface area contributed by atoms with Gasteiger partial charge in [-0.15, -0.1) is 0 Å². The molecular formula is C11H18N2OS. The molecule has 0 bridgehead atoms. The Kier molecular flexibility index (Phi) is 2.73. The molecule has 1 aromatic heterocycles. The van der Waals surface area contributed by atoms with Crippen LogP contribution in [0.4, 0.5) is 0 Å². The van der Waals surface area contributed by atoms with E-state index in [1.807, 2.05) is 0 Å². The number of hydrogen-bond donors (Lipinski definition) is 2. The molecular weight excluding hydrogens is 208 g/mol. The molecule has 1 aliphatic carbocycles. The molecule has 0 radical (unpaired) electrons. The largest absolute Gasteiger partial charge is 0.316 e. The first-order valence-corrected chi connectivity index (χ1v) is 6.24. The zero-order valence-corrected chi connectivity index (χ0v) is 10.3. The van der Waals surface area contributed by atoms with E-state index in [9.17, 15) is 4.79 Å². The van der Waals surface area contributed by atoms with Crippen molar-refractivity contribution >= 4 is 11.3 Å². The molecule has 3 nitrogen and oxygen atoms in total. The van der Waals surface area contributed by atoms with Gasteiger partial charge in [0.05, 0.1) is 0 Å². The van der Waals surface area contributed by atoms with E-state index in [1.165, 1.54) is 29.1 Å². The van der Waals surface area contributed by atoms with Gasteiger partial charge in [-0.05, 0) is 12.8 Å². The molecule has 0 aliphatic heterocycles. The van der Waals surface area contributed by atoms with Crippen molar-refractivity contribution in [1.29, 1.82) is 0 Å². The van der Waals surface area contributed by atoms with E-state index in [-0.39, 0.29) is 10.3 Å². The van der Waals surface area contributed by atoms with Gasteiger partial charge in [0, 0.05) is 28.6 Å². The van der Waals surface area contributed by atoms with Crippen LogP contribution in [0, 0.1) is 0 Å². The van der Waals surface area contributed by atoms with Crippen molar-refractivity contribution in [2.45, 2.75) is 51.6 Å². The van der Waals surface area contributed by atoms with E-state index in [0.717, 1.165) is 12.2 Å². The summed E-state index contributed by atoms with van der Waals surface area (Å²) in [6, 6.07) is 0.690. The molecule has 84 valence electrons. The van der Waals surface area contributed by atoms with Crippen LogP contribution in [0.3, 0.4) is 0 Å². The minimum Gasteiger partial charge on any atom is -0.316 e. The Balaban J connectivity index is 2.16. The van der Waals surface area contributed by atoms with Gasteiger partial charge in [-0.2, -0.15) is 0 Å². The van der Waals surface area contributed by atoms with Gasteiger partial charge in [-0.3, -0.25) is 4.79 Å². The summed E-state index contributed by atoms with van der Waals surface area (Å²) in [5.74, 6) is 0. The Hall–Kier alpha value is -0.610. The SMILES string of the molecule is CC(C)(C)c1[nH]c(=O)sc1CNC1CC1. The number of H-pyrrole nitrogens is 1. The minimum atomic E-state index is 0.0275. The maximum absolute atomic E-state index is 11.4. The minimum absolute atomic E-state index is 0.0275. The van der Waals surface area contributed by atoms with E-state index in [4.69, 9.17) is 0 Å². The smallest absolute Gasteiger partial charge is 0.305 e. The van der Waals surface area contributed by atoms with Gasteiger partial charge in [0.25, 0.3) is 0 Å². The number of aromatic amines is 1. The summed E-state index contributed by atoms with van der Waals surface area (Å²) in [5.41, 5.74) is 1.12. The van der Waals surface area contributed by atoms with Crippen LogP contribution in [-0.2, 0) is 12.0 Å². The third-order valence-corrected chi connectivity index (χ3v) is 3.48. The molecule has 0 atom stereocenters. The maximum Gasteiger partial charge on any atom is 0.305 e. The van der Waals surface area contributed by atoms with Gasteiger partial charge in [-0.1, -0.05) is 32.1 Å². The van der Waals surface area contributed by atoms with Gasteiger partial charge in [-0.25, -0.2) is 0 Å². The predicted molar refractivity (Wildman–Crippen MR) is 63.5 cm³/mol. The number of thiazole rings is 1. The zero-order chi connectivity index (χ0) is 11.1. The van der Waals surface area contributed by atoms with Gasteiger partial charge in [0.15, 0.2) is 0 Å². The summed E-state index contributed by atoms with van der Waals surface area (Å²) in [5, 5.41) is 3.45. The van der Waals surface area contributed by atoms with Gasteiger partial charge in [0.2, 0.25) is 0 Å². The van der Waals surface area contributed by atoms with Crippen LogP contribution in [0.5, 0.6) is 0 Å². The zero-order valence-electron chi connectivity index (χ0n) is 9.52. The lowest BCUT2D eigenvalue weighted by Crippen LogP contribution is -2.20. The molecule has 2 rings (SSSR count). The molecule has 1 aromatic rings. The first-order chi connectivity index (χ1) is 6.97. The molecule has 4 heteroatoms. The van der Waals surface area contributed by atoms with Crippen LogP contribution >= 0.6 is 11.3 Å². The highest BCUT2D eigenvalue weighted by atomic mass is 32.1. The average molecular weight is 226 g/mol. The van der Waals surface area contributed by atoms with Crippen LogP contribution in [-0.4, -0.2) is 11.0 Å². The Morgan fingerprint density at radius 3 is 2.67 bits per heavy atom. The monoisotopic (exact) mass is 226 g/mol. The molecule has 15 heavy (non-hydrogen) atoms. The molecule has 2 N–H and O–H groups in total. The Bertz CT molecular complexity index is 395. The highest BCUT2D eigenvalue weighted by Crippen LogP contribution is 2.26. The fraction of sp³-hybridized carbons (Fsp3) is 0.727. The second-order valence-electron chi connectivity index (χ2n) is 5.22. The van der Waals surface area contributed by atoms with Crippen molar-refractivity contribution in [1.82, 2.24) is 10.3 Å². The van der Waals surface area contributed by atoms with Crippen molar-refractivity contribution in [3.63, 3.8) is 0 Å². The molecule has 1 fully saturated rings. The third kappa shape index (κ3) is 2.69. The summed E-state index contributed by atoms with van der Waals surface area (Å²) in [4.78, 5) is 15.5. The highest BCUT2D eigenvalue weighted by molar-refractivity contribution is 7.09. The summed E-state index contributed by atoms with van der Waals surface area (Å²) < 4.78 is 0. The lowest BCUT2D eigenvalue weighted by Gasteiger charge is -2.18. The van der Waals surface area contributed by atoms with Crippen molar-refractivity contribution in [3.8, 4) is 0 Å². The summed E-state index contributed by atoms with van der Waals surface area (Å²) in [7, 11) is 0. The number of nitrogens with one attached hydrogen (secondary N) is 2. The van der Waals surface area contributed by atoms with Crippen LogP contribution < -0.4 is 10.2 Å². The summed E-state index contributed by atoms with van der Waals surface area (Å²) in [6.45, 7) is 7.23. The topological polar surface area (TPSA) is 44.9 Å². The van der Waals surface area contributed by atoms with Gasteiger partial charge < -0.3 is 10.3 Å². The second-order valence-corrected chi connectivity index (χ2v) is 6.29.